The molecule has 7 heteroatoms. The molecule has 2 atom stereocenters. The van der Waals surface area contributed by atoms with E-state index in [4.69, 9.17) is 17.3 Å². The van der Waals surface area contributed by atoms with Gasteiger partial charge in [-0.15, -0.1) is 12.4 Å². The molecule has 5 nitrogen and oxygen atoms in total. The zero-order chi connectivity index (χ0) is 18.5. The van der Waals surface area contributed by atoms with Gasteiger partial charge in [0.1, 0.15) is 0 Å². The predicted molar refractivity (Wildman–Crippen MR) is 112 cm³/mol. The fourth-order valence-electron chi connectivity index (χ4n) is 3.21. The quantitative estimate of drug-likeness (QED) is 0.698. The van der Waals surface area contributed by atoms with Crippen LogP contribution in [0.15, 0.2) is 48.5 Å². The number of nitrogens with one attached hydrogen (secondary N) is 2. The third-order valence-electron chi connectivity index (χ3n) is 4.60. The van der Waals surface area contributed by atoms with Gasteiger partial charge in [0.15, 0.2) is 0 Å². The molecule has 0 heterocycles. The highest BCUT2D eigenvalue weighted by molar-refractivity contribution is 6.34. The van der Waals surface area contributed by atoms with E-state index in [1.165, 1.54) is 0 Å². The molecule has 2 amide bonds. The second kappa shape index (κ2) is 9.74. The van der Waals surface area contributed by atoms with Crippen LogP contribution >= 0.6 is 24.0 Å². The topological polar surface area (TPSA) is 84.2 Å². The Labute approximate surface area is 170 Å². The standard InChI is InChI=1S/C20H22ClN3O2.ClH/c21-18-10-9-16(24-19(25)13-5-4-6-14(22)11-13)12-17(18)20(26)23-15-7-2-1-3-8-15;/h1-3,7-10,12-14H,4-6,11,22H2,(H,23,26)(H,24,25);1H. The Morgan fingerprint density at radius 2 is 1.74 bits per heavy atom. The van der Waals surface area contributed by atoms with Crippen molar-refractivity contribution in [1.29, 1.82) is 0 Å². The summed E-state index contributed by atoms with van der Waals surface area (Å²) in [5.41, 5.74) is 7.51. The summed E-state index contributed by atoms with van der Waals surface area (Å²) in [5.74, 6) is -0.468. The maximum Gasteiger partial charge on any atom is 0.257 e. The Morgan fingerprint density at radius 1 is 1.00 bits per heavy atom. The average molecular weight is 408 g/mol. The Kier molecular flexibility index (Phi) is 7.66. The lowest BCUT2D eigenvalue weighted by Gasteiger charge is -2.25. The molecular formula is C20H23Cl2N3O2. The van der Waals surface area contributed by atoms with Crippen LogP contribution in [0.5, 0.6) is 0 Å². The Balaban J connectivity index is 0.00000261. The van der Waals surface area contributed by atoms with Crippen molar-refractivity contribution in [2.75, 3.05) is 10.6 Å². The molecular weight excluding hydrogens is 385 g/mol. The van der Waals surface area contributed by atoms with Crippen molar-refractivity contribution < 1.29 is 9.59 Å². The van der Waals surface area contributed by atoms with Crippen LogP contribution in [0.25, 0.3) is 0 Å². The molecule has 27 heavy (non-hydrogen) atoms. The first kappa shape index (κ1) is 21.2. The molecule has 144 valence electrons. The van der Waals surface area contributed by atoms with Crippen LogP contribution < -0.4 is 16.4 Å². The molecule has 1 aliphatic carbocycles. The predicted octanol–water partition coefficient (Wildman–Crippen LogP) is 4.47. The van der Waals surface area contributed by atoms with Crippen molar-refractivity contribution in [3.8, 4) is 0 Å². The van der Waals surface area contributed by atoms with Crippen molar-refractivity contribution in [1.82, 2.24) is 0 Å². The van der Waals surface area contributed by atoms with E-state index in [0.29, 0.717) is 28.4 Å². The fourth-order valence-corrected chi connectivity index (χ4v) is 3.41. The number of benzene rings is 2. The van der Waals surface area contributed by atoms with E-state index >= 15 is 0 Å². The number of carbonyl (C=O) groups excluding carboxylic acids is 2. The number of nitrogens with two attached hydrogens (primary N) is 1. The monoisotopic (exact) mass is 407 g/mol. The van der Waals surface area contributed by atoms with Crippen molar-refractivity contribution in [2.45, 2.75) is 31.7 Å². The first-order valence-corrected chi connectivity index (χ1v) is 9.13. The first-order chi connectivity index (χ1) is 12.5. The second-order valence-electron chi connectivity index (χ2n) is 6.63. The molecule has 0 radical (unpaired) electrons. The summed E-state index contributed by atoms with van der Waals surface area (Å²) in [7, 11) is 0. The van der Waals surface area contributed by atoms with Crippen LogP contribution in [-0.2, 0) is 4.79 Å². The molecule has 0 bridgehead atoms. The van der Waals surface area contributed by atoms with Gasteiger partial charge in [0.05, 0.1) is 10.6 Å². The van der Waals surface area contributed by atoms with E-state index in [1.807, 2.05) is 18.2 Å². The molecule has 2 unspecified atom stereocenters. The second-order valence-corrected chi connectivity index (χ2v) is 7.03. The summed E-state index contributed by atoms with van der Waals surface area (Å²) < 4.78 is 0. The van der Waals surface area contributed by atoms with E-state index in [2.05, 4.69) is 10.6 Å². The Hall–Kier alpha value is -2.08. The summed E-state index contributed by atoms with van der Waals surface area (Å²) in [6.45, 7) is 0. The minimum Gasteiger partial charge on any atom is -0.328 e. The summed E-state index contributed by atoms with van der Waals surface area (Å²) in [6, 6.07) is 14.1. The van der Waals surface area contributed by atoms with Gasteiger partial charge in [0.25, 0.3) is 5.91 Å². The van der Waals surface area contributed by atoms with Gasteiger partial charge in [-0.05, 0) is 49.6 Å². The number of carbonyl (C=O) groups is 2. The molecule has 4 N–H and O–H groups in total. The average Bonchev–Trinajstić information content (AvgIpc) is 2.64. The molecule has 1 fully saturated rings. The van der Waals surface area contributed by atoms with Crippen LogP contribution in [0.2, 0.25) is 5.02 Å². The fraction of sp³-hybridized carbons (Fsp3) is 0.300. The van der Waals surface area contributed by atoms with Crippen LogP contribution in [-0.4, -0.2) is 17.9 Å². The van der Waals surface area contributed by atoms with Crippen molar-refractivity contribution in [2.24, 2.45) is 11.7 Å². The Bertz CT molecular complexity index is 799. The van der Waals surface area contributed by atoms with E-state index in [1.54, 1.807) is 30.3 Å². The van der Waals surface area contributed by atoms with E-state index < -0.39 is 0 Å². The highest BCUT2D eigenvalue weighted by atomic mass is 35.5. The number of hydrogen-bond donors (Lipinski definition) is 3. The summed E-state index contributed by atoms with van der Waals surface area (Å²) in [5, 5.41) is 6.01. The van der Waals surface area contributed by atoms with Gasteiger partial charge in [-0.3, -0.25) is 9.59 Å². The lowest BCUT2D eigenvalue weighted by atomic mass is 9.85. The number of halogens is 2. The van der Waals surface area contributed by atoms with Crippen LogP contribution in [0.1, 0.15) is 36.0 Å². The van der Waals surface area contributed by atoms with Crippen molar-refractivity contribution >= 4 is 47.2 Å². The van der Waals surface area contributed by atoms with Gasteiger partial charge in [-0.1, -0.05) is 36.2 Å². The number of para-hydroxylation sites is 1. The minimum atomic E-state index is -0.322. The number of amides is 2. The number of anilines is 2. The number of rotatable bonds is 4. The van der Waals surface area contributed by atoms with Crippen molar-refractivity contribution in [3.05, 3.63) is 59.1 Å². The SMILES string of the molecule is Cl.NC1CCCC(C(=O)Nc2ccc(Cl)c(C(=O)Nc3ccccc3)c2)C1. The molecule has 0 aliphatic heterocycles. The third kappa shape index (κ3) is 5.70. The molecule has 2 aromatic carbocycles. The molecule has 1 aliphatic rings. The lowest BCUT2D eigenvalue weighted by molar-refractivity contribution is -0.120. The largest absolute Gasteiger partial charge is 0.328 e. The lowest BCUT2D eigenvalue weighted by Crippen LogP contribution is -2.34. The molecule has 0 spiro atoms. The summed E-state index contributed by atoms with van der Waals surface area (Å²) in [6.07, 6.45) is 3.47. The van der Waals surface area contributed by atoms with Gasteiger partial charge >= 0.3 is 0 Å². The van der Waals surface area contributed by atoms with Gasteiger partial charge in [0.2, 0.25) is 5.91 Å². The van der Waals surface area contributed by atoms with Gasteiger partial charge in [-0.2, -0.15) is 0 Å². The van der Waals surface area contributed by atoms with E-state index in [0.717, 1.165) is 19.3 Å². The van der Waals surface area contributed by atoms with Crippen molar-refractivity contribution in [3.63, 3.8) is 0 Å². The zero-order valence-corrected chi connectivity index (χ0v) is 16.4. The molecule has 3 rings (SSSR count). The highest BCUT2D eigenvalue weighted by Crippen LogP contribution is 2.26. The van der Waals surface area contributed by atoms with Gasteiger partial charge in [0, 0.05) is 23.3 Å². The molecule has 0 aromatic heterocycles. The summed E-state index contributed by atoms with van der Waals surface area (Å²) >= 11 is 6.17. The summed E-state index contributed by atoms with van der Waals surface area (Å²) in [4.78, 5) is 25.0. The molecule has 2 aromatic rings. The van der Waals surface area contributed by atoms with Gasteiger partial charge in [-0.25, -0.2) is 0 Å². The smallest absolute Gasteiger partial charge is 0.257 e. The molecule has 0 saturated heterocycles. The minimum absolute atomic E-state index is 0. The highest BCUT2D eigenvalue weighted by Gasteiger charge is 2.25. The van der Waals surface area contributed by atoms with Crippen LogP contribution in [0.4, 0.5) is 11.4 Å². The Morgan fingerprint density at radius 3 is 2.44 bits per heavy atom. The van der Waals surface area contributed by atoms with E-state index in [-0.39, 0.29) is 36.2 Å². The van der Waals surface area contributed by atoms with Crippen LogP contribution in [0.3, 0.4) is 0 Å². The maximum atomic E-state index is 12.5. The van der Waals surface area contributed by atoms with Gasteiger partial charge < -0.3 is 16.4 Å². The number of hydrogen-bond acceptors (Lipinski definition) is 3. The normalized spacial score (nSPS) is 18.9. The van der Waals surface area contributed by atoms with Crippen LogP contribution in [0, 0.1) is 5.92 Å². The maximum absolute atomic E-state index is 12.5. The van der Waals surface area contributed by atoms with E-state index in [9.17, 15) is 9.59 Å². The first-order valence-electron chi connectivity index (χ1n) is 8.75. The zero-order valence-electron chi connectivity index (χ0n) is 14.8. The third-order valence-corrected chi connectivity index (χ3v) is 4.93. The molecule has 1 saturated carbocycles.